The van der Waals surface area contributed by atoms with Crippen molar-refractivity contribution < 1.29 is 37.3 Å². The first kappa shape index (κ1) is 28.9. The van der Waals surface area contributed by atoms with Crippen LogP contribution in [-0.2, 0) is 6.54 Å². The van der Waals surface area contributed by atoms with E-state index in [1.54, 1.807) is 24.8 Å². The highest BCUT2D eigenvalue weighted by molar-refractivity contribution is 5.94. The van der Waals surface area contributed by atoms with Crippen LogP contribution in [0.25, 0.3) is 5.65 Å². The molecule has 2 amide bonds. The maximum absolute atomic E-state index is 14.5. The normalized spacial score (nSPS) is 16.7. The maximum Gasteiger partial charge on any atom is 0.319 e. The highest BCUT2D eigenvalue weighted by Crippen LogP contribution is 2.41. The van der Waals surface area contributed by atoms with Crippen molar-refractivity contribution in [3.05, 3.63) is 47.9 Å². The van der Waals surface area contributed by atoms with Crippen molar-refractivity contribution in [2.45, 2.75) is 25.2 Å². The van der Waals surface area contributed by atoms with Gasteiger partial charge in [-0.05, 0) is 17.7 Å². The Morgan fingerprint density at radius 2 is 1.80 bits per heavy atom. The van der Waals surface area contributed by atoms with E-state index in [2.05, 4.69) is 26.0 Å². The number of hydrogen-bond donors (Lipinski definition) is 3. The highest BCUT2D eigenvalue weighted by Gasteiger charge is 2.38. The van der Waals surface area contributed by atoms with Crippen molar-refractivity contribution in [2.24, 2.45) is 0 Å². The Kier molecular flexibility index (Phi) is 7.76. The van der Waals surface area contributed by atoms with Crippen molar-refractivity contribution >= 4 is 34.7 Å². The number of fused-ring (bicyclic) bond motifs is 2. The van der Waals surface area contributed by atoms with Crippen LogP contribution < -0.4 is 44.5 Å². The van der Waals surface area contributed by atoms with Gasteiger partial charge in [0.15, 0.2) is 28.6 Å². The first-order chi connectivity index (χ1) is 21.3. The number of amides is 2. The Bertz CT molecular complexity index is 1690. The molecule has 2 aromatic carbocycles. The lowest BCUT2D eigenvalue weighted by atomic mass is 10.1. The van der Waals surface area contributed by atoms with E-state index in [0.29, 0.717) is 60.1 Å². The summed E-state index contributed by atoms with van der Waals surface area (Å²) in [5.41, 5.74) is 1.71. The Morgan fingerprint density at radius 1 is 1.07 bits per heavy atom. The number of urea groups is 1. The molecule has 2 atom stereocenters. The SMILES string of the molecule is COc1cc(CN(C)c2cc(Nc3cc(F)cc4c3OCCO4)nc3c(NC(=O)N[C@@H]4C[C@@H]4F)cnn23)cc(OC)c1OC. The number of nitrogens with one attached hydrogen (secondary N) is 3. The second-order valence-corrected chi connectivity index (χ2v) is 10.2. The summed E-state index contributed by atoms with van der Waals surface area (Å²) in [5.74, 6) is 2.44. The topological polar surface area (TPSA) is 133 Å². The van der Waals surface area contributed by atoms with Crippen molar-refractivity contribution in [1.29, 1.82) is 0 Å². The van der Waals surface area contributed by atoms with E-state index in [4.69, 9.17) is 23.7 Å². The molecule has 0 bridgehead atoms. The predicted octanol–water partition coefficient (Wildman–Crippen LogP) is 4.28. The number of rotatable bonds is 10. The molecule has 4 aromatic rings. The van der Waals surface area contributed by atoms with Gasteiger partial charge >= 0.3 is 6.03 Å². The van der Waals surface area contributed by atoms with Crippen LogP contribution in [-0.4, -0.2) is 74.4 Å². The van der Waals surface area contributed by atoms with E-state index in [0.717, 1.165) is 5.56 Å². The van der Waals surface area contributed by atoms with Crippen LogP contribution in [0.1, 0.15) is 12.0 Å². The zero-order valence-corrected chi connectivity index (χ0v) is 24.4. The summed E-state index contributed by atoms with van der Waals surface area (Å²) < 4.78 is 57.2. The molecule has 1 fully saturated rings. The molecule has 232 valence electrons. The maximum atomic E-state index is 14.5. The summed E-state index contributed by atoms with van der Waals surface area (Å²) in [6.45, 7) is 0.965. The molecule has 13 nitrogen and oxygen atoms in total. The van der Waals surface area contributed by atoms with Gasteiger partial charge in [-0.3, -0.25) is 0 Å². The monoisotopic (exact) mass is 611 g/mol. The number of carbonyl (C=O) groups excluding carboxylic acids is 1. The minimum Gasteiger partial charge on any atom is -0.493 e. The number of alkyl halides is 1. The first-order valence-electron chi connectivity index (χ1n) is 13.7. The van der Waals surface area contributed by atoms with E-state index < -0.39 is 24.1 Å². The first-order valence-corrected chi connectivity index (χ1v) is 13.7. The van der Waals surface area contributed by atoms with Crippen LogP contribution in [0, 0.1) is 5.82 Å². The predicted molar refractivity (Wildman–Crippen MR) is 157 cm³/mol. The fourth-order valence-corrected chi connectivity index (χ4v) is 4.94. The van der Waals surface area contributed by atoms with E-state index >= 15 is 0 Å². The number of nitrogens with zero attached hydrogens (tertiary/aromatic N) is 4. The number of benzene rings is 2. The number of methoxy groups -OCH3 is 3. The van der Waals surface area contributed by atoms with Crippen LogP contribution in [0.5, 0.6) is 28.7 Å². The van der Waals surface area contributed by atoms with Gasteiger partial charge in [0.25, 0.3) is 0 Å². The van der Waals surface area contributed by atoms with Crippen molar-refractivity contribution in [3.8, 4) is 28.7 Å². The Balaban J connectivity index is 1.38. The van der Waals surface area contributed by atoms with Gasteiger partial charge in [-0.15, -0.1) is 0 Å². The smallest absolute Gasteiger partial charge is 0.319 e. The molecule has 6 rings (SSSR count). The Morgan fingerprint density at radius 3 is 2.48 bits per heavy atom. The molecule has 1 aliphatic carbocycles. The van der Waals surface area contributed by atoms with Crippen LogP contribution in [0.3, 0.4) is 0 Å². The van der Waals surface area contributed by atoms with Crippen LogP contribution in [0.2, 0.25) is 0 Å². The third-order valence-electron chi connectivity index (χ3n) is 7.14. The minimum atomic E-state index is -1.06. The number of carbonyl (C=O) groups is 1. The molecule has 0 unspecified atom stereocenters. The fraction of sp³-hybridized carbons (Fsp3) is 0.345. The number of hydrogen-bond acceptors (Lipinski definition) is 10. The Hall–Kier alpha value is -5.21. The second-order valence-electron chi connectivity index (χ2n) is 10.2. The zero-order chi connectivity index (χ0) is 31.0. The molecule has 2 aromatic heterocycles. The van der Waals surface area contributed by atoms with Gasteiger partial charge < -0.3 is 44.5 Å². The molecular weight excluding hydrogens is 580 g/mol. The van der Waals surface area contributed by atoms with Gasteiger partial charge in [0.1, 0.15) is 42.5 Å². The summed E-state index contributed by atoms with van der Waals surface area (Å²) in [5, 5.41) is 12.9. The lowest BCUT2D eigenvalue weighted by Gasteiger charge is -2.24. The largest absolute Gasteiger partial charge is 0.493 e. The number of aromatic nitrogens is 3. The quantitative estimate of drug-likeness (QED) is 0.239. The van der Waals surface area contributed by atoms with Crippen LogP contribution in [0.15, 0.2) is 36.5 Å². The molecule has 0 radical (unpaired) electrons. The summed E-state index contributed by atoms with van der Waals surface area (Å²) in [7, 11) is 6.46. The van der Waals surface area contributed by atoms with Crippen LogP contribution in [0.4, 0.5) is 36.6 Å². The number of ether oxygens (including phenoxy) is 5. The van der Waals surface area contributed by atoms with Gasteiger partial charge in [0.2, 0.25) is 5.75 Å². The average Bonchev–Trinajstić information content (AvgIpc) is 3.56. The highest BCUT2D eigenvalue weighted by atomic mass is 19.1. The molecule has 2 aliphatic rings. The third kappa shape index (κ3) is 5.72. The lowest BCUT2D eigenvalue weighted by molar-refractivity contribution is 0.172. The molecular formula is C29H31F2N7O6. The molecule has 3 N–H and O–H groups in total. The summed E-state index contributed by atoms with van der Waals surface area (Å²) >= 11 is 0. The van der Waals surface area contributed by atoms with Gasteiger partial charge in [-0.1, -0.05) is 0 Å². The van der Waals surface area contributed by atoms with Gasteiger partial charge in [-0.2, -0.15) is 9.61 Å². The summed E-state index contributed by atoms with van der Waals surface area (Å²) in [4.78, 5) is 19.1. The van der Waals surface area contributed by atoms with Gasteiger partial charge in [-0.25, -0.2) is 18.6 Å². The van der Waals surface area contributed by atoms with Crippen molar-refractivity contribution in [2.75, 3.05) is 57.1 Å². The van der Waals surface area contributed by atoms with Gasteiger partial charge in [0.05, 0.1) is 39.3 Å². The molecule has 0 saturated heterocycles. The average molecular weight is 612 g/mol. The third-order valence-corrected chi connectivity index (χ3v) is 7.14. The van der Waals surface area contributed by atoms with E-state index in [1.165, 1.54) is 25.4 Å². The zero-order valence-electron chi connectivity index (χ0n) is 24.4. The van der Waals surface area contributed by atoms with Crippen molar-refractivity contribution in [3.63, 3.8) is 0 Å². The molecule has 0 spiro atoms. The standard InChI is InChI=1S/C29H31F2N7O6/c1-37(14-15-7-21(40-2)27(42-4)22(8-15)41-3)25-12-24(33-19-9-16(30)10-23-26(19)44-6-5-43-23)36-28-20(13-32-38(25)28)35-29(39)34-18-11-17(18)31/h7-10,12-13,17-18H,5-6,11,14H2,1-4H3,(H,33,36)(H2,34,35,39)/t17-,18+/m0/s1. The molecule has 3 heterocycles. The van der Waals surface area contributed by atoms with Gasteiger partial charge in [0, 0.05) is 38.2 Å². The van der Waals surface area contributed by atoms with Crippen LogP contribution >= 0.6 is 0 Å². The van der Waals surface area contributed by atoms with E-state index in [1.807, 2.05) is 24.1 Å². The number of halogens is 2. The summed E-state index contributed by atoms with van der Waals surface area (Å²) in [6.07, 6.45) is 0.662. The summed E-state index contributed by atoms with van der Waals surface area (Å²) in [6, 6.07) is 6.83. The fourth-order valence-electron chi connectivity index (χ4n) is 4.94. The molecule has 1 aliphatic heterocycles. The molecule has 44 heavy (non-hydrogen) atoms. The Labute approximate surface area is 251 Å². The lowest BCUT2D eigenvalue weighted by Crippen LogP contribution is -2.31. The minimum absolute atomic E-state index is 0.272. The second kappa shape index (κ2) is 11.8. The van der Waals surface area contributed by atoms with E-state index in [9.17, 15) is 13.6 Å². The number of anilines is 4. The van der Waals surface area contributed by atoms with E-state index in [-0.39, 0.29) is 23.5 Å². The molecule has 1 saturated carbocycles. The van der Waals surface area contributed by atoms with Crippen molar-refractivity contribution in [1.82, 2.24) is 19.9 Å². The molecule has 15 heteroatoms.